The van der Waals surface area contributed by atoms with Crippen molar-refractivity contribution in [2.24, 2.45) is 0 Å². The Morgan fingerprint density at radius 1 is 0.383 bits per heavy atom. The molecule has 3 nitrogen and oxygen atoms in total. The van der Waals surface area contributed by atoms with Crippen molar-refractivity contribution in [1.29, 1.82) is 0 Å². The molecule has 0 saturated heterocycles. The van der Waals surface area contributed by atoms with Crippen LogP contribution in [-0.4, -0.2) is 14.5 Å². The second-order valence-electron chi connectivity index (χ2n) is 12.2. The molecular formula is C44H27N3. The average molecular weight is 598 g/mol. The zero-order valence-corrected chi connectivity index (χ0v) is 25.4. The van der Waals surface area contributed by atoms with E-state index in [1.54, 1.807) is 0 Å². The van der Waals surface area contributed by atoms with Gasteiger partial charge in [-0.05, 0) is 63.3 Å². The standard InChI is InChI=1S/C44H27N3/c1-2-12-29-25-32(22-21-28(29)11-1)44-45-39-19-9-7-18-37(39)43(46-44)36-23-24-41(34-16-6-5-15-33(34)36)47-40-20-10-8-17-35(40)38-26-30-13-3-4-14-31(30)27-42(38)47/h1-27H. The topological polar surface area (TPSA) is 30.7 Å². The van der Waals surface area contributed by atoms with Crippen LogP contribution in [0, 0.1) is 0 Å². The van der Waals surface area contributed by atoms with Gasteiger partial charge in [0.1, 0.15) is 0 Å². The summed E-state index contributed by atoms with van der Waals surface area (Å²) in [7, 11) is 0. The summed E-state index contributed by atoms with van der Waals surface area (Å²) in [6.07, 6.45) is 0. The van der Waals surface area contributed by atoms with Crippen molar-refractivity contribution in [2.45, 2.75) is 0 Å². The Balaban J connectivity index is 1.25. The summed E-state index contributed by atoms with van der Waals surface area (Å²) in [5.41, 5.74) is 7.53. The summed E-state index contributed by atoms with van der Waals surface area (Å²) in [5.74, 6) is 0.729. The highest BCUT2D eigenvalue weighted by atomic mass is 15.0. The van der Waals surface area contributed by atoms with Crippen LogP contribution in [0.2, 0.25) is 0 Å². The molecule has 3 heteroatoms. The predicted octanol–water partition coefficient (Wildman–Crippen LogP) is 11.5. The Bertz CT molecular complexity index is 2860. The first-order valence-corrected chi connectivity index (χ1v) is 16.0. The Hall–Kier alpha value is -6.32. The maximum absolute atomic E-state index is 5.31. The third kappa shape index (κ3) is 4.00. The van der Waals surface area contributed by atoms with Crippen molar-refractivity contribution in [1.82, 2.24) is 14.5 Å². The number of benzene rings is 8. The van der Waals surface area contributed by atoms with E-state index in [0.29, 0.717) is 0 Å². The van der Waals surface area contributed by atoms with Crippen molar-refractivity contribution in [2.75, 3.05) is 0 Å². The number of rotatable bonds is 3. The van der Waals surface area contributed by atoms with Gasteiger partial charge >= 0.3 is 0 Å². The molecule has 0 N–H and O–H groups in total. The van der Waals surface area contributed by atoms with Gasteiger partial charge in [-0.25, -0.2) is 9.97 Å². The van der Waals surface area contributed by atoms with Crippen LogP contribution in [0.25, 0.3) is 93.4 Å². The lowest BCUT2D eigenvalue weighted by molar-refractivity contribution is 1.20. The molecule has 0 unspecified atom stereocenters. The van der Waals surface area contributed by atoms with Gasteiger partial charge in [0.2, 0.25) is 0 Å². The Labute approximate surface area is 271 Å². The van der Waals surface area contributed by atoms with Crippen molar-refractivity contribution in [3.05, 3.63) is 164 Å². The van der Waals surface area contributed by atoms with Gasteiger partial charge in [0.05, 0.1) is 27.9 Å². The smallest absolute Gasteiger partial charge is 0.160 e. The van der Waals surface area contributed by atoms with Crippen molar-refractivity contribution in [3.8, 4) is 28.3 Å². The molecule has 0 fully saturated rings. The van der Waals surface area contributed by atoms with E-state index in [0.717, 1.165) is 44.6 Å². The molecule has 0 aliphatic carbocycles. The van der Waals surface area contributed by atoms with Crippen molar-refractivity contribution < 1.29 is 0 Å². The second kappa shape index (κ2) is 10.1. The summed E-state index contributed by atoms with van der Waals surface area (Å²) >= 11 is 0. The molecule has 0 spiro atoms. The fourth-order valence-corrected chi connectivity index (χ4v) is 7.34. The van der Waals surface area contributed by atoms with Gasteiger partial charge in [-0.3, -0.25) is 0 Å². The molecule has 10 rings (SSSR count). The molecule has 0 aliphatic heterocycles. The van der Waals surface area contributed by atoms with E-state index in [4.69, 9.17) is 9.97 Å². The molecule has 0 atom stereocenters. The first-order valence-electron chi connectivity index (χ1n) is 16.0. The molecule has 10 aromatic rings. The third-order valence-corrected chi connectivity index (χ3v) is 9.55. The van der Waals surface area contributed by atoms with Gasteiger partial charge in [0.25, 0.3) is 0 Å². The molecule has 0 saturated carbocycles. The summed E-state index contributed by atoms with van der Waals surface area (Å²) in [4.78, 5) is 10.4. The van der Waals surface area contributed by atoms with Crippen LogP contribution in [0.4, 0.5) is 0 Å². The summed E-state index contributed by atoms with van der Waals surface area (Å²) in [6.45, 7) is 0. The zero-order valence-electron chi connectivity index (χ0n) is 25.4. The minimum absolute atomic E-state index is 0.729. The van der Waals surface area contributed by atoms with E-state index >= 15 is 0 Å². The van der Waals surface area contributed by atoms with Gasteiger partial charge in [-0.15, -0.1) is 0 Å². The van der Waals surface area contributed by atoms with Crippen molar-refractivity contribution in [3.63, 3.8) is 0 Å². The van der Waals surface area contributed by atoms with E-state index < -0.39 is 0 Å². The highest BCUT2D eigenvalue weighted by Gasteiger charge is 2.19. The SMILES string of the molecule is c1ccc2cc(-c3nc(-c4ccc(-n5c6ccccc6c6cc7ccccc7cc65)c5ccccc45)c4ccccc4n3)ccc2c1. The number of para-hydroxylation sites is 2. The first kappa shape index (κ1) is 26.0. The molecular weight excluding hydrogens is 571 g/mol. The normalized spacial score (nSPS) is 11.8. The van der Waals surface area contributed by atoms with E-state index in [9.17, 15) is 0 Å². The van der Waals surface area contributed by atoms with Gasteiger partial charge in [0.15, 0.2) is 5.82 Å². The van der Waals surface area contributed by atoms with E-state index in [2.05, 4.69) is 168 Å². The molecule has 0 amide bonds. The fraction of sp³-hybridized carbons (Fsp3) is 0. The number of hydrogen-bond donors (Lipinski definition) is 0. The molecule has 2 aromatic heterocycles. The summed E-state index contributed by atoms with van der Waals surface area (Å²) < 4.78 is 2.43. The predicted molar refractivity (Wildman–Crippen MR) is 197 cm³/mol. The third-order valence-electron chi connectivity index (χ3n) is 9.55. The largest absolute Gasteiger partial charge is 0.309 e. The molecule has 0 radical (unpaired) electrons. The van der Waals surface area contributed by atoms with Crippen LogP contribution in [0.3, 0.4) is 0 Å². The van der Waals surface area contributed by atoms with Crippen molar-refractivity contribution >= 4 is 65.0 Å². The number of hydrogen-bond acceptors (Lipinski definition) is 2. The number of nitrogens with zero attached hydrogens (tertiary/aromatic N) is 3. The van der Waals surface area contributed by atoms with Gasteiger partial charge < -0.3 is 4.57 Å². The highest BCUT2D eigenvalue weighted by Crippen LogP contribution is 2.40. The molecule has 0 bridgehead atoms. The monoisotopic (exact) mass is 597 g/mol. The number of aromatic nitrogens is 3. The lowest BCUT2D eigenvalue weighted by atomic mass is 9.97. The van der Waals surface area contributed by atoms with E-state index in [1.165, 1.54) is 48.7 Å². The second-order valence-corrected chi connectivity index (χ2v) is 12.2. The number of fused-ring (bicyclic) bond motifs is 7. The van der Waals surface area contributed by atoms with Crippen LogP contribution < -0.4 is 0 Å². The maximum Gasteiger partial charge on any atom is 0.160 e. The van der Waals surface area contributed by atoms with Crippen LogP contribution >= 0.6 is 0 Å². The molecule has 2 heterocycles. The Morgan fingerprint density at radius 3 is 1.85 bits per heavy atom. The highest BCUT2D eigenvalue weighted by molar-refractivity contribution is 6.15. The Morgan fingerprint density at radius 2 is 1.02 bits per heavy atom. The van der Waals surface area contributed by atoms with Gasteiger partial charge in [-0.1, -0.05) is 127 Å². The Kier molecular flexibility index (Phi) is 5.57. The summed E-state index contributed by atoms with van der Waals surface area (Å²) in [5, 5.41) is 10.8. The quantitative estimate of drug-likeness (QED) is 0.203. The van der Waals surface area contributed by atoms with Crippen LogP contribution in [0.5, 0.6) is 0 Å². The molecule has 8 aromatic carbocycles. The lowest BCUT2D eigenvalue weighted by Crippen LogP contribution is -1.99. The molecule has 218 valence electrons. The van der Waals surface area contributed by atoms with Gasteiger partial charge in [0, 0.05) is 32.7 Å². The fourth-order valence-electron chi connectivity index (χ4n) is 7.34. The molecule has 47 heavy (non-hydrogen) atoms. The van der Waals surface area contributed by atoms with Crippen LogP contribution in [0.15, 0.2) is 164 Å². The lowest BCUT2D eigenvalue weighted by Gasteiger charge is -2.16. The minimum atomic E-state index is 0.729. The minimum Gasteiger partial charge on any atom is -0.309 e. The van der Waals surface area contributed by atoms with Crippen LogP contribution in [-0.2, 0) is 0 Å². The molecule has 0 aliphatic rings. The van der Waals surface area contributed by atoms with Crippen LogP contribution in [0.1, 0.15) is 0 Å². The van der Waals surface area contributed by atoms with Gasteiger partial charge in [-0.2, -0.15) is 0 Å². The van der Waals surface area contributed by atoms with E-state index in [1.807, 2.05) is 0 Å². The first-order chi connectivity index (χ1) is 23.3. The van der Waals surface area contributed by atoms with E-state index in [-0.39, 0.29) is 0 Å². The average Bonchev–Trinajstić information content (AvgIpc) is 3.45. The maximum atomic E-state index is 5.31. The summed E-state index contributed by atoms with van der Waals surface area (Å²) in [6, 6.07) is 58.5. The zero-order chi connectivity index (χ0) is 30.9.